The first-order valence-electron chi connectivity index (χ1n) is 6.74. The van der Waals surface area contributed by atoms with E-state index in [1.54, 1.807) is 4.90 Å². The van der Waals surface area contributed by atoms with E-state index < -0.39 is 0 Å². The number of ether oxygens (including phenoxy) is 1. The standard InChI is InChI=1S/C15H24N2O2/c1-4-17(15(18)11-19-12(2)3)10-14-8-6-5-7-13(14)9-16/h5-8,12H,4,9-11,16H2,1-3H3. The highest BCUT2D eigenvalue weighted by molar-refractivity contribution is 5.77. The molecular weight excluding hydrogens is 240 g/mol. The van der Waals surface area contributed by atoms with Crippen molar-refractivity contribution < 1.29 is 9.53 Å². The van der Waals surface area contributed by atoms with Crippen molar-refractivity contribution in [3.8, 4) is 0 Å². The van der Waals surface area contributed by atoms with E-state index >= 15 is 0 Å². The van der Waals surface area contributed by atoms with Crippen molar-refractivity contribution in [2.75, 3.05) is 13.2 Å². The molecule has 0 saturated heterocycles. The summed E-state index contributed by atoms with van der Waals surface area (Å²) >= 11 is 0. The molecule has 106 valence electrons. The van der Waals surface area contributed by atoms with Crippen LogP contribution in [0.3, 0.4) is 0 Å². The Morgan fingerprint density at radius 2 is 1.95 bits per heavy atom. The predicted molar refractivity (Wildman–Crippen MR) is 76.5 cm³/mol. The van der Waals surface area contributed by atoms with Gasteiger partial charge in [-0.25, -0.2) is 0 Å². The van der Waals surface area contributed by atoms with Gasteiger partial charge in [-0.3, -0.25) is 4.79 Å². The van der Waals surface area contributed by atoms with Gasteiger partial charge in [-0.2, -0.15) is 0 Å². The third kappa shape index (κ3) is 5.01. The average molecular weight is 264 g/mol. The van der Waals surface area contributed by atoms with Gasteiger partial charge in [0.1, 0.15) is 6.61 Å². The maximum Gasteiger partial charge on any atom is 0.248 e. The number of likely N-dealkylation sites (N-methyl/N-ethyl adjacent to an activating group) is 1. The Kier molecular flexibility index (Phi) is 6.53. The van der Waals surface area contributed by atoms with Gasteiger partial charge in [0.2, 0.25) is 5.91 Å². The van der Waals surface area contributed by atoms with E-state index in [1.165, 1.54) is 0 Å². The fourth-order valence-corrected chi connectivity index (χ4v) is 1.82. The van der Waals surface area contributed by atoms with Crippen LogP contribution >= 0.6 is 0 Å². The van der Waals surface area contributed by atoms with Gasteiger partial charge in [0.15, 0.2) is 0 Å². The summed E-state index contributed by atoms with van der Waals surface area (Å²) in [5, 5.41) is 0. The van der Waals surface area contributed by atoms with Crippen molar-refractivity contribution >= 4 is 5.91 Å². The van der Waals surface area contributed by atoms with E-state index in [0.29, 0.717) is 19.6 Å². The van der Waals surface area contributed by atoms with E-state index in [0.717, 1.165) is 11.1 Å². The Morgan fingerprint density at radius 3 is 2.47 bits per heavy atom. The Hall–Kier alpha value is -1.39. The lowest BCUT2D eigenvalue weighted by Crippen LogP contribution is -2.34. The fourth-order valence-electron chi connectivity index (χ4n) is 1.82. The number of hydrogen-bond donors (Lipinski definition) is 1. The molecule has 0 unspecified atom stereocenters. The van der Waals surface area contributed by atoms with Crippen molar-refractivity contribution in [1.29, 1.82) is 0 Å². The summed E-state index contributed by atoms with van der Waals surface area (Å²) in [6.07, 6.45) is 0.0685. The quantitative estimate of drug-likeness (QED) is 0.818. The minimum Gasteiger partial charge on any atom is -0.369 e. The highest BCUT2D eigenvalue weighted by atomic mass is 16.5. The average Bonchev–Trinajstić information content (AvgIpc) is 2.42. The van der Waals surface area contributed by atoms with Crippen LogP contribution in [0.4, 0.5) is 0 Å². The minimum atomic E-state index is 0.0167. The number of rotatable bonds is 7. The molecule has 0 aliphatic heterocycles. The molecule has 0 aliphatic rings. The van der Waals surface area contributed by atoms with Gasteiger partial charge in [-0.15, -0.1) is 0 Å². The van der Waals surface area contributed by atoms with Crippen molar-refractivity contribution in [2.24, 2.45) is 5.73 Å². The third-order valence-electron chi connectivity index (χ3n) is 2.97. The van der Waals surface area contributed by atoms with E-state index in [-0.39, 0.29) is 18.6 Å². The van der Waals surface area contributed by atoms with Crippen LogP contribution < -0.4 is 5.73 Å². The lowest BCUT2D eigenvalue weighted by molar-refractivity contribution is -0.138. The maximum absolute atomic E-state index is 12.1. The zero-order valence-electron chi connectivity index (χ0n) is 12.1. The first kappa shape index (κ1) is 15.7. The summed E-state index contributed by atoms with van der Waals surface area (Å²) in [4.78, 5) is 13.8. The van der Waals surface area contributed by atoms with Crippen LogP contribution in [-0.4, -0.2) is 30.1 Å². The molecule has 4 nitrogen and oxygen atoms in total. The Bertz CT molecular complexity index is 405. The molecule has 1 aromatic carbocycles. The van der Waals surface area contributed by atoms with Gasteiger partial charge in [0.05, 0.1) is 6.10 Å². The molecule has 1 rings (SSSR count). The van der Waals surface area contributed by atoms with Crippen molar-refractivity contribution in [3.63, 3.8) is 0 Å². The molecule has 0 fully saturated rings. The number of hydrogen-bond acceptors (Lipinski definition) is 3. The molecule has 0 spiro atoms. The van der Waals surface area contributed by atoms with Crippen molar-refractivity contribution in [2.45, 2.75) is 40.0 Å². The highest BCUT2D eigenvalue weighted by Crippen LogP contribution is 2.11. The normalized spacial score (nSPS) is 10.8. The summed E-state index contributed by atoms with van der Waals surface area (Å²) in [6.45, 7) is 7.70. The Balaban J connectivity index is 2.68. The first-order chi connectivity index (χ1) is 9.08. The van der Waals surface area contributed by atoms with Crippen molar-refractivity contribution in [3.05, 3.63) is 35.4 Å². The molecule has 4 heteroatoms. The van der Waals surface area contributed by atoms with Crippen molar-refractivity contribution in [1.82, 2.24) is 4.90 Å². The first-order valence-corrected chi connectivity index (χ1v) is 6.74. The van der Waals surface area contributed by atoms with Gasteiger partial charge in [0, 0.05) is 19.6 Å². The largest absolute Gasteiger partial charge is 0.369 e. The van der Waals surface area contributed by atoms with Crippen LogP contribution in [0.15, 0.2) is 24.3 Å². The van der Waals surface area contributed by atoms with E-state index in [1.807, 2.05) is 45.0 Å². The van der Waals surface area contributed by atoms with Crippen LogP contribution in [0, 0.1) is 0 Å². The van der Waals surface area contributed by atoms with E-state index in [2.05, 4.69) is 0 Å². The fraction of sp³-hybridized carbons (Fsp3) is 0.533. The lowest BCUT2D eigenvalue weighted by Gasteiger charge is -2.22. The molecule has 0 heterocycles. The smallest absolute Gasteiger partial charge is 0.248 e. The summed E-state index contributed by atoms with van der Waals surface area (Å²) in [5.74, 6) is 0.0167. The Labute approximate surface area is 115 Å². The summed E-state index contributed by atoms with van der Waals surface area (Å²) in [5.41, 5.74) is 7.90. The molecule has 0 atom stereocenters. The van der Waals surface area contributed by atoms with E-state index in [9.17, 15) is 4.79 Å². The number of nitrogens with zero attached hydrogens (tertiary/aromatic N) is 1. The lowest BCUT2D eigenvalue weighted by atomic mass is 10.1. The molecule has 0 radical (unpaired) electrons. The molecule has 0 aliphatic carbocycles. The number of amides is 1. The molecule has 0 saturated carbocycles. The summed E-state index contributed by atoms with van der Waals surface area (Å²) in [7, 11) is 0. The topological polar surface area (TPSA) is 55.6 Å². The SMILES string of the molecule is CCN(Cc1ccccc1CN)C(=O)COC(C)C. The second-order valence-electron chi connectivity index (χ2n) is 4.74. The summed E-state index contributed by atoms with van der Waals surface area (Å²) in [6, 6.07) is 7.95. The molecule has 0 bridgehead atoms. The number of carbonyl (C=O) groups excluding carboxylic acids is 1. The van der Waals surface area contributed by atoms with Crippen LogP contribution in [-0.2, 0) is 22.6 Å². The van der Waals surface area contributed by atoms with Crippen LogP contribution in [0.2, 0.25) is 0 Å². The van der Waals surface area contributed by atoms with Gasteiger partial charge in [0.25, 0.3) is 0 Å². The monoisotopic (exact) mass is 264 g/mol. The van der Waals surface area contributed by atoms with Gasteiger partial charge in [-0.05, 0) is 31.9 Å². The van der Waals surface area contributed by atoms with Gasteiger partial charge < -0.3 is 15.4 Å². The third-order valence-corrected chi connectivity index (χ3v) is 2.97. The maximum atomic E-state index is 12.1. The molecule has 0 aromatic heterocycles. The van der Waals surface area contributed by atoms with Crippen LogP contribution in [0.25, 0.3) is 0 Å². The second kappa shape index (κ2) is 7.92. The highest BCUT2D eigenvalue weighted by Gasteiger charge is 2.14. The number of carbonyl (C=O) groups is 1. The van der Waals surface area contributed by atoms with Gasteiger partial charge >= 0.3 is 0 Å². The summed E-state index contributed by atoms with van der Waals surface area (Å²) < 4.78 is 5.36. The van der Waals surface area contributed by atoms with E-state index in [4.69, 9.17) is 10.5 Å². The number of benzene rings is 1. The Morgan fingerprint density at radius 1 is 1.32 bits per heavy atom. The molecule has 1 aromatic rings. The minimum absolute atomic E-state index is 0.0167. The molecule has 2 N–H and O–H groups in total. The zero-order chi connectivity index (χ0) is 14.3. The zero-order valence-corrected chi connectivity index (χ0v) is 12.1. The predicted octanol–water partition coefficient (Wildman–Crippen LogP) is 1.92. The second-order valence-corrected chi connectivity index (χ2v) is 4.74. The molecule has 19 heavy (non-hydrogen) atoms. The molecular formula is C15H24N2O2. The van der Waals surface area contributed by atoms with Gasteiger partial charge in [-0.1, -0.05) is 24.3 Å². The number of nitrogens with two attached hydrogens (primary N) is 1. The molecule has 1 amide bonds. The van der Waals surface area contributed by atoms with Crippen LogP contribution in [0.5, 0.6) is 0 Å². The van der Waals surface area contributed by atoms with Crippen LogP contribution in [0.1, 0.15) is 31.9 Å².